The molecule has 4 aromatic rings. The van der Waals surface area contributed by atoms with E-state index in [9.17, 15) is 9.59 Å². The third-order valence-corrected chi connectivity index (χ3v) is 13.5. The summed E-state index contributed by atoms with van der Waals surface area (Å²) in [4.78, 5) is 27.7. The molecule has 0 fully saturated rings. The van der Waals surface area contributed by atoms with Crippen molar-refractivity contribution in [3.8, 4) is 5.75 Å². The number of rotatable bonds is 14. The molecule has 0 saturated carbocycles. The first kappa shape index (κ1) is 37.9. The zero-order valence-electron chi connectivity index (χ0n) is 30.7. The lowest BCUT2D eigenvalue weighted by Crippen LogP contribution is -2.44. The molecule has 9 heteroatoms. The lowest BCUT2D eigenvalue weighted by atomic mass is 9.98. The predicted molar refractivity (Wildman–Crippen MR) is 202 cm³/mol. The van der Waals surface area contributed by atoms with E-state index in [2.05, 4.69) is 86.7 Å². The van der Waals surface area contributed by atoms with E-state index in [0.717, 1.165) is 28.5 Å². The Morgan fingerprint density at radius 2 is 1.57 bits per heavy atom. The number of alkyl carbamates (subject to hydrolysis) is 1. The van der Waals surface area contributed by atoms with Crippen LogP contribution in [0.1, 0.15) is 76.8 Å². The minimum Gasteiger partial charge on any atom is -0.487 e. The second kappa shape index (κ2) is 16.2. The van der Waals surface area contributed by atoms with Crippen LogP contribution in [-0.4, -0.2) is 44.2 Å². The van der Waals surface area contributed by atoms with Crippen LogP contribution in [0.25, 0.3) is 10.9 Å². The summed E-state index contributed by atoms with van der Waals surface area (Å²) in [5.74, 6) is 0.635. The topological polar surface area (TPSA) is 102 Å². The Morgan fingerprint density at radius 1 is 0.878 bits per heavy atom. The van der Waals surface area contributed by atoms with Gasteiger partial charge < -0.3 is 29.5 Å². The van der Waals surface area contributed by atoms with Gasteiger partial charge >= 0.3 is 6.09 Å². The third kappa shape index (κ3) is 11.3. The summed E-state index contributed by atoms with van der Waals surface area (Å²) in [6, 6.07) is 26.0. The van der Waals surface area contributed by atoms with E-state index in [1.54, 1.807) is 6.07 Å². The largest absolute Gasteiger partial charge is 0.487 e. The molecule has 0 aliphatic carbocycles. The van der Waals surface area contributed by atoms with Gasteiger partial charge in [-0.3, -0.25) is 4.79 Å². The highest BCUT2D eigenvalue weighted by molar-refractivity contribution is 6.74. The van der Waals surface area contributed by atoms with Gasteiger partial charge in [-0.2, -0.15) is 0 Å². The first-order valence-electron chi connectivity index (χ1n) is 17.3. The van der Waals surface area contributed by atoms with Crippen LogP contribution in [0.3, 0.4) is 0 Å². The lowest BCUT2D eigenvalue weighted by Gasteiger charge is -2.38. The van der Waals surface area contributed by atoms with Gasteiger partial charge in [0, 0.05) is 24.0 Å². The number of fused-ring (bicyclic) bond motifs is 1. The number of hydrogen-bond donors (Lipinski definition) is 3. The molecule has 0 aliphatic rings. The molecular weight excluding hydrogens is 631 g/mol. The molecule has 0 aliphatic heterocycles. The molecule has 0 radical (unpaired) electrons. The van der Waals surface area contributed by atoms with Crippen LogP contribution in [0.4, 0.5) is 4.79 Å². The van der Waals surface area contributed by atoms with Gasteiger partial charge in [0.2, 0.25) is 5.56 Å². The summed E-state index contributed by atoms with van der Waals surface area (Å²) in [6.07, 6.45) is 1.11. The molecule has 264 valence electrons. The maximum atomic E-state index is 12.5. The highest BCUT2D eigenvalue weighted by atomic mass is 28.4. The van der Waals surface area contributed by atoms with E-state index < -0.39 is 20.0 Å². The molecule has 49 heavy (non-hydrogen) atoms. The van der Waals surface area contributed by atoms with Crippen molar-refractivity contribution in [1.82, 2.24) is 15.6 Å². The quantitative estimate of drug-likeness (QED) is 0.115. The summed E-state index contributed by atoms with van der Waals surface area (Å²) >= 11 is 0. The Balaban J connectivity index is 1.55. The van der Waals surface area contributed by atoms with E-state index >= 15 is 0 Å². The number of pyridine rings is 1. The van der Waals surface area contributed by atoms with E-state index in [1.807, 2.05) is 63.2 Å². The maximum Gasteiger partial charge on any atom is 0.407 e. The Morgan fingerprint density at radius 3 is 2.27 bits per heavy atom. The Hall–Kier alpha value is -3.92. The summed E-state index contributed by atoms with van der Waals surface area (Å²) < 4.78 is 18.4. The molecular formula is C40H55N3O5Si. The fraction of sp³-hybridized carbons (Fsp3) is 0.450. The Labute approximate surface area is 293 Å². The molecule has 4 rings (SSSR count). The number of benzene rings is 3. The summed E-state index contributed by atoms with van der Waals surface area (Å²) in [5.41, 5.74) is 4.44. The minimum absolute atomic E-state index is 0.0599. The number of carbonyl (C=O) groups is 1. The van der Waals surface area contributed by atoms with Crippen LogP contribution in [0.2, 0.25) is 18.1 Å². The van der Waals surface area contributed by atoms with Crippen molar-refractivity contribution >= 4 is 25.3 Å². The molecule has 1 aromatic heterocycles. The number of H-pyrrole nitrogens is 1. The average molecular weight is 686 g/mol. The van der Waals surface area contributed by atoms with Crippen molar-refractivity contribution in [2.24, 2.45) is 0 Å². The van der Waals surface area contributed by atoms with Gasteiger partial charge in [0.15, 0.2) is 8.32 Å². The highest BCUT2D eigenvalue weighted by Gasteiger charge is 2.38. The Kier molecular flexibility index (Phi) is 12.5. The first-order chi connectivity index (χ1) is 23.0. The van der Waals surface area contributed by atoms with Crippen molar-refractivity contribution in [3.63, 3.8) is 0 Å². The molecule has 0 saturated heterocycles. The molecule has 1 amide bonds. The van der Waals surface area contributed by atoms with Crippen LogP contribution in [0.15, 0.2) is 83.7 Å². The zero-order chi connectivity index (χ0) is 35.8. The second-order valence-electron chi connectivity index (χ2n) is 15.4. The molecule has 1 heterocycles. The van der Waals surface area contributed by atoms with Crippen LogP contribution in [0.5, 0.6) is 5.75 Å². The van der Waals surface area contributed by atoms with Crippen LogP contribution in [0, 0.1) is 0 Å². The minimum atomic E-state index is -2.07. The standard InChI is InChI=1S/C40H55N3O5Si/c1-28(24-31-17-13-16-29(25-31)22-23-41-38(45)48-39(2,3)4)42-34(27-47-49(8,9)40(5,6)7)32-18-20-35(37-33(32)19-21-36(44)43-37)46-26-30-14-11-10-12-15-30/h10-21,25,28,34,42H,22-24,26-27H2,1-9H3,(H,41,45)(H,43,44)/t28?,34-/m0/s1. The maximum absolute atomic E-state index is 12.5. The van der Waals surface area contributed by atoms with Gasteiger partial charge in [0.1, 0.15) is 18.0 Å². The number of ether oxygens (including phenoxy) is 2. The summed E-state index contributed by atoms with van der Waals surface area (Å²) in [5, 5.41) is 7.72. The van der Waals surface area contributed by atoms with Crippen molar-refractivity contribution in [2.75, 3.05) is 13.2 Å². The van der Waals surface area contributed by atoms with Crippen LogP contribution in [-0.2, 0) is 28.6 Å². The lowest BCUT2D eigenvalue weighted by molar-refractivity contribution is 0.0528. The number of hydrogen-bond acceptors (Lipinski definition) is 6. The van der Waals surface area contributed by atoms with Gasteiger partial charge in [-0.25, -0.2) is 4.79 Å². The predicted octanol–water partition coefficient (Wildman–Crippen LogP) is 8.46. The van der Waals surface area contributed by atoms with Gasteiger partial charge in [-0.05, 0) is 93.1 Å². The van der Waals surface area contributed by atoms with Gasteiger partial charge in [0.25, 0.3) is 0 Å². The van der Waals surface area contributed by atoms with Crippen molar-refractivity contribution in [1.29, 1.82) is 0 Å². The molecule has 2 atom stereocenters. The summed E-state index contributed by atoms with van der Waals surface area (Å²) in [7, 11) is -2.07. The van der Waals surface area contributed by atoms with Crippen molar-refractivity contribution < 1.29 is 18.7 Å². The van der Waals surface area contributed by atoms with Gasteiger partial charge in [-0.1, -0.05) is 81.4 Å². The zero-order valence-corrected chi connectivity index (χ0v) is 31.7. The monoisotopic (exact) mass is 685 g/mol. The number of carbonyl (C=O) groups excluding carboxylic acids is 1. The number of amides is 1. The van der Waals surface area contributed by atoms with E-state index in [0.29, 0.717) is 37.4 Å². The van der Waals surface area contributed by atoms with Gasteiger partial charge in [-0.15, -0.1) is 0 Å². The van der Waals surface area contributed by atoms with Crippen molar-refractivity contribution in [3.05, 3.63) is 111 Å². The fourth-order valence-electron chi connectivity index (χ4n) is 5.43. The highest BCUT2D eigenvalue weighted by Crippen LogP contribution is 2.38. The third-order valence-electron chi connectivity index (χ3n) is 9.02. The molecule has 3 N–H and O–H groups in total. The first-order valence-corrected chi connectivity index (χ1v) is 20.2. The van der Waals surface area contributed by atoms with E-state index in [1.165, 1.54) is 5.56 Å². The molecule has 8 nitrogen and oxygen atoms in total. The number of nitrogens with one attached hydrogen (secondary N) is 3. The fourth-order valence-corrected chi connectivity index (χ4v) is 6.45. The molecule has 0 spiro atoms. The average Bonchev–Trinajstić information content (AvgIpc) is 3.01. The number of aromatic amines is 1. The van der Waals surface area contributed by atoms with Crippen LogP contribution < -0.4 is 20.9 Å². The van der Waals surface area contributed by atoms with E-state index in [4.69, 9.17) is 13.9 Å². The molecule has 1 unspecified atom stereocenters. The van der Waals surface area contributed by atoms with Gasteiger partial charge in [0.05, 0.1) is 18.2 Å². The van der Waals surface area contributed by atoms with Crippen LogP contribution >= 0.6 is 0 Å². The van der Waals surface area contributed by atoms with Crippen molar-refractivity contribution in [2.45, 2.75) is 104 Å². The molecule has 3 aromatic carbocycles. The second-order valence-corrected chi connectivity index (χ2v) is 20.2. The van der Waals surface area contributed by atoms with E-state index in [-0.39, 0.29) is 22.7 Å². The SMILES string of the molecule is CC(Cc1cccc(CCNC(=O)OC(C)(C)C)c1)N[C@@H](CO[Si](C)(C)C(C)(C)C)c1ccc(OCc2ccccc2)c2[nH]c(=O)ccc12. The Bertz CT molecular complexity index is 1740. The summed E-state index contributed by atoms with van der Waals surface area (Å²) in [6.45, 7) is 20.4. The number of aromatic nitrogens is 1. The smallest absolute Gasteiger partial charge is 0.407 e. The normalized spacial score (nSPS) is 13.6. The molecule has 0 bridgehead atoms.